The molecule has 0 spiro atoms. The summed E-state index contributed by atoms with van der Waals surface area (Å²) in [6.07, 6.45) is 3.44. The van der Waals surface area contributed by atoms with Gasteiger partial charge in [0.05, 0.1) is 10.5 Å². The monoisotopic (exact) mass is 359 g/mol. The van der Waals surface area contributed by atoms with Gasteiger partial charge in [-0.2, -0.15) is 0 Å². The van der Waals surface area contributed by atoms with E-state index in [9.17, 15) is 8.42 Å². The van der Waals surface area contributed by atoms with Crippen LogP contribution in [-0.4, -0.2) is 27.7 Å². The van der Waals surface area contributed by atoms with E-state index in [1.807, 2.05) is 24.3 Å². The molecular weight excluding hydrogens is 334 g/mol. The number of aryl methyl sites for hydroxylation is 1. The van der Waals surface area contributed by atoms with Crippen LogP contribution in [-0.2, 0) is 34.0 Å². The zero-order valence-corrected chi connectivity index (χ0v) is 15.6. The quantitative estimate of drug-likeness (QED) is 0.826. The molecule has 0 saturated carbocycles. The zero-order valence-electron chi connectivity index (χ0n) is 14.8. The van der Waals surface area contributed by atoms with Gasteiger partial charge in [-0.3, -0.25) is 0 Å². The fourth-order valence-corrected chi connectivity index (χ4v) is 4.55. The number of hydrogen-bond donors (Lipinski definition) is 1. The molecule has 4 nitrogen and oxygen atoms in total. The summed E-state index contributed by atoms with van der Waals surface area (Å²) in [5, 5.41) is 0. The molecule has 0 heterocycles. The number of methoxy groups -OCH3 is 1. The minimum atomic E-state index is -3.55. The molecule has 1 aliphatic rings. The van der Waals surface area contributed by atoms with Gasteiger partial charge in [-0.15, -0.1) is 0 Å². The summed E-state index contributed by atoms with van der Waals surface area (Å²) in [4.78, 5) is 0.300. The molecule has 0 radical (unpaired) electrons. The van der Waals surface area contributed by atoms with Crippen LogP contribution in [0.5, 0.6) is 0 Å². The first kappa shape index (κ1) is 18.1. The van der Waals surface area contributed by atoms with E-state index in [0.29, 0.717) is 4.90 Å². The van der Waals surface area contributed by atoms with Crippen molar-refractivity contribution in [3.8, 4) is 0 Å². The molecule has 0 bridgehead atoms. The molecular formula is C20H25NO3S. The molecule has 0 fully saturated rings. The summed E-state index contributed by atoms with van der Waals surface area (Å²) in [6.45, 7) is 2.37. The Bertz CT molecular complexity index is 803. The van der Waals surface area contributed by atoms with Gasteiger partial charge in [-0.25, -0.2) is 13.1 Å². The Labute approximate surface area is 150 Å². The van der Waals surface area contributed by atoms with E-state index < -0.39 is 15.6 Å². The van der Waals surface area contributed by atoms with Gasteiger partial charge in [0.2, 0.25) is 10.0 Å². The molecule has 2 aromatic carbocycles. The van der Waals surface area contributed by atoms with Gasteiger partial charge in [0.1, 0.15) is 0 Å². The smallest absolute Gasteiger partial charge is 0.240 e. The van der Waals surface area contributed by atoms with Crippen molar-refractivity contribution in [1.29, 1.82) is 0 Å². The van der Waals surface area contributed by atoms with Crippen molar-refractivity contribution in [2.45, 2.75) is 43.1 Å². The first-order valence-electron chi connectivity index (χ1n) is 8.68. The van der Waals surface area contributed by atoms with Crippen LogP contribution in [0.4, 0.5) is 0 Å². The van der Waals surface area contributed by atoms with Crippen molar-refractivity contribution < 1.29 is 13.2 Å². The maximum atomic E-state index is 12.6. The van der Waals surface area contributed by atoms with E-state index in [-0.39, 0.29) is 6.54 Å². The summed E-state index contributed by atoms with van der Waals surface area (Å²) in [7, 11) is -1.89. The topological polar surface area (TPSA) is 55.4 Å². The van der Waals surface area contributed by atoms with Crippen molar-refractivity contribution in [2.75, 3.05) is 13.7 Å². The van der Waals surface area contributed by atoms with Gasteiger partial charge in [0.15, 0.2) is 0 Å². The van der Waals surface area contributed by atoms with Crippen LogP contribution in [0.3, 0.4) is 0 Å². The largest absolute Gasteiger partial charge is 0.376 e. The van der Waals surface area contributed by atoms with Crippen LogP contribution in [0.25, 0.3) is 0 Å². The van der Waals surface area contributed by atoms with Gasteiger partial charge in [0.25, 0.3) is 0 Å². The highest BCUT2D eigenvalue weighted by molar-refractivity contribution is 7.89. The SMILES string of the molecule is CCCc1ccc(S(=O)(=O)NCC2(OC)Cc3ccccc3C2)cc1. The van der Waals surface area contributed by atoms with E-state index in [1.165, 1.54) is 11.1 Å². The Morgan fingerprint density at radius 3 is 2.16 bits per heavy atom. The van der Waals surface area contributed by atoms with Crippen molar-refractivity contribution in [2.24, 2.45) is 0 Å². The Morgan fingerprint density at radius 1 is 1.04 bits per heavy atom. The second-order valence-corrected chi connectivity index (χ2v) is 8.49. The lowest BCUT2D eigenvalue weighted by Gasteiger charge is -2.27. The molecule has 1 aliphatic carbocycles. The molecule has 25 heavy (non-hydrogen) atoms. The number of hydrogen-bond acceptors (Lipinski definition) is 3. The normalized spacial score (nSPS) is 15.9. The number of fused-ring (bicyclic) bond motifs is 1. The minimum Gasteiger partial charge on any atom is -0.376 e. The van der Waals surface area contributed by atoms with Crippen molar-refractivity contribution in [3.63, 3.8) is 0 Å². The van der Waals surface area contributed by atoms with Crippen LogP contribution in [0.15, 0.2) is 53.4 Å². The average molecular weight is 359 g/mol. The number of benzene rings is 2. The Balaban J connectivity index is 1.71. The summed E-state index contributed by atoms with van der Waals surface area (Å²) in [5.41, 5.74) is 3.10. The number of nitrogens with one attached hydrogen (secondary N) is 1. The lowest BCUT2D eigenvalue weighted by molar-refractivity contribution is 0.00378. The molecule has 0 amide bonds. The Morgan fingerprint density at radius 2 is 1.64 bits per heavy atom. The summed E-state index contributed by atoms with van der Waals surface area (Å²) >= 11 is 0. The molecule has 0 atom stereocenters. The highest BCUT2D eigenvalue weighted by atomic mass is 32.2. The van der Waals surface area contributed by atoms with Gasteiger partial charge < -0.3 is 4.74 Å². The standard InChI is InChI=1S/C20H25NO3S/c1-3-6-16-9-11-19(12-10-16)25(22,23)21-15-20(24-2)13-17-7-4-5-8-18(17)14-20/h4-5,7-12,21H,3,6,13-15H2,1-2H3. The number of ether oxygens (including phenoxy) is 1. The summed E-state index contributed by atoms with van der Waals surface area (Å²) < 4.78 is 33.7. The van der Waals surface area contributed by atoms with Crippen molar-refractivity contribution in [3.05, 3.63) is 65.2 Å². The Kier molecular flexibility index (Phi) is 5.27. The van der Waals surface area contributed by atoms with Crippen LogP contribution in [0.2, 0.25) is 0 Å². The van der Waals surface area contributed by atoms with Crippen LogP contribution in [0, 0.1) is 0 Å². The number of sulfonamides is 1. The highest BCUT2D eigenvalue weighted by Crippen LogP contribution is 2.32. The van der Waals surface area contributed by atoms with Crippen LogP contribution >= 0.6 is 0 Å². The second kappa shape index (κ2) is 7.28. The lowest BCUT2D eigenvalue weighted by Crippen LogP contribution is -2.45. The molecule has 134 valence electrons. The third kappa shape index (κ3) is 3.94. The maximum absolute atomic E-state index is 12.6. The fourth-order valence-electron chi connectivity index (χ4n) is 3.43. The molecule has 0 aliphatic heterocycles. The van der Waals surface area contributed by atoms with Gasteiger partial charge >= 0.3 is 0 Å². The van der Waals surface area contributed by atoms with Gasteiger partial charge in [0, 0.05) is 26.5 Å². The molecule has 5 heteroatoms. The third-order valence-electron chi connectivity index (χ3n) is 4.93. The summed E-state index contributed by atoms with van der Waals surface area (Å²) in [6, 6.07) is 15.3. The van der Waals surface area contributed by atoms with E-state index in [2.05, 4.69) is 23.8 Å². The second-order valence-electron chi connectivity index (χ2n) is 6.73. The molecule has 2 aromatic rings. The summed E-state index contributed by atoms with van der Waals surface area (Å²) in [5.74, 6) is 0. The van der Waals surface area contributed by atoms with Crippen molar-refractivity contribution >= 4 is 10.0 Å². The minimum absolute atomic E-state index is 0.261. The van der Waals surface area contributed by atoms with Crippen LogP contribution < -0.4 is 4.72 Å². The third-order valence-corrected chi connectivity index (χ3v) is 6.35. The van der Waals surface area contributed by atoms with Gasteiger partial charge in [-0.05, 0) is 35.2 Å². The lowest BCUT2D eigenvalue weighted by atomic mass is 10.0. The molecule has 1 N–H and O–H groups in total. The average Bonchev–Trinajstić information content (AvgIpc) is 3.00. The predicted molar refractivity (Wildman–Crippen MR) is 99.2 cm³/mol. The zero-order chi connectivity index (χ0) is 17.9. The highest BCUT2D eigenvalue weighted by Gasteiger charge is 2.38. The van der Waals surface area contributed by atoms with Gasteiger partial charge in [-0.1, -0.05) is 49.7 Å². The molecule has 0 unspecified atom stereocenters. The molecule has 3 rings (SSSR count). The van der Waals surface area contributed by atoms with E-state index in [4.69, 9.17) is 4.74 Å². The van der Waals surface area contributed by atoms with E-state index in [1.54, 1.807) is 19.2 Å². The van der Waals surface area contributed by atoms with Crippen molar-refractivity contribution in [1.82, 2.24) is 4.72 Å². The molecule has 0 aromatic heterocycles. The van der Waals surface area contributed by atoms with E-state index >= 15 is 0 Å². The first-order chi connectivity index (χ1) is 12.0. The van der Waals surface area contributed by atoms with Crippen LogP contribution in [0.1, 0.15) is 30.0 Å². The maximum Gasteiger partial charge on any atom is 0.240 e. The fraction of sp³-hybridized carbons (Fsp3) is 0.400. The van der Waals surface area contributed by atoms with E-state index in [0.717, 1.165) is 31.2 Å². The first-order valence-corrected chi connectivity index (χ1v) is 10.2. The molecule has 0 saturated heterocycles. The Hall–Kier alpha value is -1.69. The number of rotatable bonds is 7. The predicted octanol–water partition coefficient (Wildman–Crippen LogP) is 3.10.